The SMILES string of the molecule is [2H]c1cc([2H])c2c(c1[2H])c1c([2H])c([2H])c([2H])c([2H])c1n2-c1ccccc1-c1nc(-c2cccc(-c3cccc4c3oc3ccccc34)c2)nc(-c2ccc3ncccc3c2)n1. The lowest BCUT2D eigenvalue weighted by atomic mass is 10.00. The van der Waals surface area contributed by atoms with Gasteiger partial charge in [-0.05, 0) is 66.2 Å². The highest BCUT2D eigenvalue weighted by atomic mass is 16.3. The summed E-state index contributed by atoms with van der Waals surface area (Å²) in [5.74, 6) is 1.01. The predicted octanol–water partition coefficient (Wildman–Crippen LogP) is 12.1. The van der Waals surface area contributed by atoms with Crippen molar-refractivity contribution >= 4 is 54.6 Å². The van der Waals surface area contributed by atoms with Gasteiger partial charge in [0.2, 0.25) is 0 Å². The summed E-state index contributed by atoms with van der Waals surface area (Å²) in [5.41, 5.74) is 6.72. The predicted molar refractivity (Wildman–Crippen MR) is 218 cm³/mol. The molecule has 0 saturated heterocycles. The van der Waals surface area contributed by atoms with Gasteiger partial charge in [-0.25, -0.2) is 15.0 Å². The van der Waals surface area contributed by atoms with E-state index in [1.54, 1.807) is 22.9 Å². The summed E-state index contributed by atoms with van der Waals surface area (Å²) in [4.78, 5) is 19.7. The third kappa shape index (κ3) is 4.81. The van der Waals surface area contributed by atoms with Crippen molar-refractivity contribution in [2.75, 3.05) is 0 Å². The lowest BCUT2D eigenvalue weighted by Gasteiger charge is -2.15. The van der Waals surface area contributed by atoms with Gasteiger partial charge < -0.3 is 8.98 Å². The number of rotatable bonds is 5. The first-order valence-corrected chi connectivity index (χ1v) is 17.4. The topological polar surface area (TPSA) is 69.6 Å². The Labute approximate surface area is 319 Å². The highest BCUT2D eigenvalue weighted by Gasteiger charge is 2.20. The van der Waals surface area contributed by atoms with Crippen molar-refractivity contribution < 1.29 is 14.0 Å². The van der Waals surface area contributed by atoms with E-state index >= 15 is 0 Å². The molecule has 11 rings (SSSR count). The molecule has 0 aliphatic heterocycles. The van der Waals surface area contributed by atoms with E-state index < -0.39 is 12.1 Å². The molecule has 4 aromatic heterocycles. The molecule has 0 unspecified atom stereocenters. The summed E-state index contributed by atoms with van der Waals surface area (Å²) < 4.78 is 69.7. The monoisotopic (exact) mass is 698 g/mol. The Bertz CT molecular complexity index is 3660. The lowest BCUT2D eigenvalue weighted by Crippen LogP contribution is -2.03. The van der Waals surface area contributed by atoms with Crippen LogP contribution in [-0.2, 0) is 0 Å². The number of nitrogens with zero attached hydrogens (tertiary/aromatic N) is 5. The molecule has 0 N–H and O–H groups in total. The Balaban J connectivity index is 1.18. The molecule has 6 nitrogen and oxygen atoms in total. The molecule has 0 aliphatic carbocycles. The third-order valence-electron chi connectivity index (χ3n) is 9.80. The second-order valence-corrected chi connectivity index (χ2v) is 12.9. The molecule has 0 fully saturated rings. The fourth-order valence-corrected chi connectivity index (χ4v) is 7.34. The van der Waals surface area contributed by atoms with Crippen LogP contribution < -0.4 is 0 Å². The van der Waals surface area contributed by atoms with Crippen molar-refractivity contribution in [1.82, 2.24) is 24.5 Å². The van der Waals surface area contributed by atoms with E-state index in [4.69, 9.17) is 29.0 Å². The van der Waals surface area contributed by atoms with Crippen LogP contribution in [0.25, 0.3) is 106 Å². The Morgan fingerprint density at radius 1 is 0.500 bits per heavy atom. The van der Waals surface area contributed by atoms with Gasteiger partial charge in [-0.3, -0.25) is 4.98 Å². The van der Waals surface area contributed by atoms with E-state index in [-0.39, 0.29) is 57.8 Å². The minimum atomic E-state index is -0.470. The Morgan fingerprint density at radius 2 is 1.22 bits per heavy atom. The summed E-state index contributed by atoms with van der Waals surface area (Å²) in [6.45, 7) is 0. The summed E-state index contributed by atoms with van der Waals surface area (Å²) in [7, 11) is 0. The molecular weight excluding hydrogens is 663 g/mol. The number of aromatic nitrogens is 5. The van der Waals surface area contributed by atoms with Gasteiger partial charge in [0.15, 0.2) is 17.5 Å². The van der Waals surface area contributed by atoms with E-state index in [1.807, 2.05) is 103 Å². The first-order valence-electron chi connectivity index (χ1n) is 20.9. The van der Waals surface area contributed by atoms with E-state index in [0.29, 0.717) is 34.0 Å². The first kappa shape index (κ1) is 23.9. The molecule has 54 heavy (non-hydrogen) atoms. The summed E-state index contributed by atoms with van der Waals surface area (Å²) >= 11 is 0. The zero-order chi connectivity index (χ0) is 41.7. The standard InChI is InChI=1S/C48H29N5O/c1-5-21-41-35(15-1)36-16-2-6-22-42(36)53(41)43-23-7-3-18-39(43)48-51-46(50-47(52-48)33-25-26-40-31(29-33)14-11-27-49-40)32-13-9-12-30(28-32)34-19-10-20-38-37-17-4-8-24-44(37)54-45(34)38/h1-29H/i1D,2D,5D,15D,16D,21D,22D. The quantitative estimate of drug-likeness (QED) is 0.179. The van der Waals surface area contributed by atoms with E-state index in [0.717, 1.165) is 44.0 Å². The van der Waals surface area contributed by atoms with Crippen molar-refractivity contribution in [3.05, 3.63) is 176 Å². The fourth-order valence-electron chi connectivity index (χ4n) is 7.34. The van der Waals surface area contributed by atoms with Crippen molar-refractivity contribution in [3.63, 3.8) is 0 Å². The maximum absolute atomic E-state index is 9.12. The van der Waals surface area contributed by atoms with Crippen LogP contribution in [0.1, 0.15) is 9.60 Å². The maximum atomic E-state index is 9.12. The molecule has 0 saturated carbocycles. The zero-order valence-electron chi connectivity index (χ0n) is 35.3. The van der Waals surface area contributed by atoms with Crippen LogP contribution >= 0.6 is 0 Å². The summed E-state index contributed by atoms with van der Waals surface area (Å²) in [6.07, 6.45) is 1.74. The molecule has 6 heteroatoms. The molecule has 0 spiro atoms. The van der Waals surface area contributed by atoms with Crippen molar-refractivity contribution in [3.8, 4) is 51.0 Å². The van der Waals surface area contributed by atoms with Gasteiger partial charge in [-0.2, -0.15) is 0 Å². The van der Waals surface area contributed by atoms with Gasteiger partial charge in [-0.1, -0.05) is 109 Å². The fraction of sp³-hybridized carbons (Fsp3) is 0. The van der Waals surface area contributed by atoms with Crippen LogP contribution in [-0.4, -0.2) is 24.5 Å². The van der Waals surface area contributed by atoms with Gasteiger partial charge in [-0.15, -0.1) is 0 Å². The van der Waals surface area contributed by atoms with Gasteiger partial charge >= 0.3 is 0 Å². The number of hydrogen-bond acceptors (Lipinski definition) is 5. The molecular formula is C48H29N5O. The van der Waals surface area contributed by atoms with Crippen LogP contribution in [0.5, 0.6) is 0 Å². The average Bonchev–Trinajstić information content (AvgIpc) is 3.87. The van der Waals surface area contributed by atoms with E-state index in [1.165, 1.54) is 6.07 Å². The van der Waals surface area contributed by atoms with Crippen molar-refractivity contribution in [2.45, 2.75) is 0 Å². The largest absolute Gasteiger partial charge is 0.455 e. The zero-order valence-corrected chi connectivity index (χ0v) is 28.3. The van der Waals surface area contributed by atoms with Gasteiger partial charge in [0.05, 0.1) is 31.8 Å². The van der Waals surface area contributed by atoms with Gasteiger partial charge in [0.1, 0.15) is 11.2 Å². The minimum absolute atomic E-state index is 0.0569. The molecule has 0 bridgehead atoms. The molecule has 4 heterocycles. The molecule has 7 aromatic carbocycles. The second-order valence-electron chi connectivity index (χ2n) is 12.9. The van der Waals surface area contributed by atoms with Crippen LogP contribution in [0.15, 0.2) is 180 Å². The Kier molecular flexibility index (Phi) is 5.35. The Hall–Kier alpha value is -7.44. The Morgan fingerprint density at radius 3 is 2.17 bits per heavy atom. The summed E-state index contributed by atoms with van der Waals surface area (Å²) in [5, 5.41) is 3.08. The molecule has 11 aromatic rings. The molecule has 0 radical (unpaired) electrons. The first-order chi connectivity index (χ1) is 29.7. The third-order valence-corrected chi connectivity index (χ3v) is 9.80. The van der Waals surface area contributed by atoms with Crippen molar-refractivity contribution in [2.24, 2.45) is 0 Å². The van der Waals surface area contributed by atoms with E-state index in [2.05, 4.69) is 11.1 Å². The van der Waals surface area contributed by atoms with E-state index in [9.17, 15) is 0 Å². The molecule has 252 valence electrons. The number of benzene rings is 7. The molecule has 0 atom stereocenters. The number of fused-ring (bicyclic) bond motifs is 7. The smallest absolute Gasteiger partial charge is 0.166 e. The number of furan rings is 1. The normalized spacial score (nSPS) is 13.5. The summed E-state index contributed by atoms with van der Waals surface area (Å²) in [6, 6.07) is 37.8. The number of para-hydroxylation sites is 5. The minimum Gasteiger partial charge on any atom is -0.455 e. The number of pyridine rings is 1. The highest BCUT2D eigenvalue weighted by Crippen LogP contribution is 2.39. The van der Waals surface area contributed by atoms with Crippen LogP contribution in [0.4, 0.5) is 0 Å². The van der Waals surface area contributed by atoms with Gasteiger partial charge in [0, 0.05) is 55.4 Å². The average molecular weight is 699 g/mol. The molecule has 0 amide bonds. The lowest BCUT2D eigenvalue weighted by molar-refractivity contribution is 0.670. The highest BCUT2D eigenvalue weighted by molar-refractivity contribution is 6.10. The van der Waals surface area contributed by atoms with Crippen LogP contribution in [0.3, 0.4) is 0 Å². The van der Waals surface area contributed by atoms with Gasteiger partial charge in [0.25, 0.3) is 0 Å². The van der Waals surface area contributed by atoms with Crippen LogP contribution in [0, 0.1) is 0 Å². The van der Waals surface area contributed by atoms with Crippen molar-refractivity contribution in [1.29, 1.82) is 0 Å². The molecule has 0 aliphatic rings. The maximum Gasteiger partial charge on any atom is 0.166 e. The number of hydrogen-bond donors (Lipinski definition) is 0. The second kappa shape index (κ2) is 12.1. The van der Waals surface area contributed by atoms with Crippen LogP contribution in [0.2, 0.25) is 0 Å².